The summed E-state index contributed by atoms with van der Waals surface area (Å²) in [6.45, 7) is 1.84. The number of aromatic nitrogens is 1. The fourth-order valence-corrected chi connectivity index (χ4v) is 1.80. The number of pyridine rings is 1. The summed E-state index contributed by atoms with van der Waals surface area (Å²) in [5.74, 6) is -1.15. The van der Waals surface area contributed by atoms with Gasteiger partial charge < -0.3 is 15.5 Å². The van der Waals surface area contributed by atoms with Crippen molar-refractivity contribution >= 4 is 27.5 Å². The molecule has 1 aromatic carbocycles. The van der Waals surface area contributed by atoms with Gasteiger partial charge in [0.05, 0.1) is 11.9 Å². The van der Waals surface area contributed by atoms with Crippen LogP contribution in [0.15, 0.2) is 35.1 Å². The van der Waals surface area contributed by atoms with Gasteiger partial charge in [0.15, 0.2) is 0 Å². The van der Waals surface area contributed by atoms with Gasteiger partial charge in [-0.05, 0) is 46.6 Å². The molecular formula is C13H11BrN2O3. The largest absolute Gasteiger partial charge is 0.507 e. The van der Waals surface area contributed by atoms with Gasteiger partial charge in [-0.3, -0.25) is 4.79 Å². The SMILES string of the molecule is Cc1cc(NC(=O)c2c(O)cccc2O)cnc1Br. The van der Waals surface area contributed by atoms with Gasteiger partial charge in [0.2, 0.25) is 0 Å². The fraction of sp³-hybridized carbons (Fsp3) is 0.0769. The highest BCUT2D eigenvalue weighted by Gasteiger charge is 2.16. The summed E-state index contributed by atoms with van der Waals surface area (Å²) in [4.78, 5) is 16.0. The van der Waals surface area contributed by atoms with Crippen LogP contribution in [0, 0.1) is 6.92 Å². The van der Waals surface area contributed by atoms with Gasteiger partial charge in [-0.15, -0.1) is 0 Å². The van der Waals surface area contributed by atoms with Crippen molar-refractivity contribution in [3.05, 3.63) is 46.2 Å². The second-order valence-electron chi connectivity index (χ2n) is 3.96. The second kappa shape index (κ2) is 5.27. The van der Waals surface area contributed by atoms with Crippen LogP contribution in [0.1, 0.15) is 15.9 Å². The smallest absolute Gasteiger partial charge is 0.263 e. The summed E-state index contributed by atoms with van der Waals surface area (Å²) >= 11 is 3.26. The van der Waals surface area contributed by atoms with E-state index in [1.54, 1.807) is 6.07 Å². The molecule has 0 aliphatic rings. The maximum absolute atomic E-state index is 12.0. The Morgan fingerprint density at radius 3 is 2.53 bits per heavy atom. The summed E-state index contributed by atoms with van der Waals surface area (Å²) in [5.41, 5.74) is 1.18. The van der Waals surface area contributed by atoms with E-state index in [2.05, 4.69) is 26.2 Å². The van der Waals surface area contributed by atoms with Crippen LogP contribution in [0.3, 0.4) is 0 Å². The van der Waals surface area contributed by atoms with Gasteiger partial charge in [-0.2, -0.15) is 0 Å². The summed E-state index contributed by atoms with van der Waals surface area (Å²) in [6, 6.07) is 5.85. The lowest BCUT2D eigenvalue weighted by Gasteiger charge is -2.09. The predicted molar refractivity (Wildman–Crippen MR) is 74.4 cm³/mol. The van der Waals surface area contributed by atoms with Crippen LogP contribution in [0.2, 0.25) is 0 Å². The number of aryl methyl sites for hydroxylation is 1. The van der Waals surface area contributed by atoms with Gasteiger partial charge >= 0.3 is 0 Å². The zero-order valence-corrected chi connectivity index (χ0v) is 11.6. The van der Waals surface area contributed by atoms with Crippen LogP contribution >= 0.6 is 15.9 Å². The monoisotopic (exact) mass is 322 g/mol. The fourth-order valence-electron chi connectivity index (χ4n) is 1.58. The number of hydrogen-bond acceptors (Lipinski definition) is 4. The van der Waals surface area contributed by atoms with Crippen molar-refractivity contribution in [1.82, 2.24) is 4.98 Å². The summed E-state index contributed by atoms with van der Waals surface area (Å²) < 4.78 is 0.691. The maximum Gasteiger partial charge on any atom is 0.263 e. The first kappa shape index (κ1) is 13.4. The molecule has 0 atom stereocenters. The number of nitrogens with zero attached hydrogens (tertiary/aromatic N) is 1. The van der Waals surface area contributed by atoms with Crippen molar-refractivity contribution < 1.29 is 15.0 Å². The standard InChI is InChI=1S/C13H11BrN2O3/c1-7-5-8(6-15-12(7)14)16-13(19)11-9(17)3-2-4-10(11)18/h2-6,17-18H,1H3,(H,16,19). The summed E-state index contributed by atoms with van der Waals surface area (Å²) in [7, 11) is 0. The van der Waals surface area contributed by atoms with Crippen molar-refractivity contribution in [2.75, 3.05) is 5.32 Å². The molecule has 0 aliphatic heterocycles. The minimum Gasteiger partial charge on any atom is -0.507 e. The third-order valence-electron chi connectivity index (χ3n) is 2.52. The van der Waals surface area contributed by atoms with E-state index in [0.717, 1.165) is 5.56 Å². The minimum absolute atomic E-state index is 0.164. The van der Waals surface area contributed by atoms with Crippen molar-refractivity contribution in [1.29, 1.82) is 0 Å². The molecule has 0 fully saturated rings. The first-order valence-electron chi connectivity index (χ1n) is 5.43. The molecule has 0 unspecified atom stereocenters. The Bertz CT molecular complexity index is 624. The lowest BCUT2D eigenvalue weighted by molar-refractivity contribution is 0.102. The number of benzene rings is 1. The van der Waals surface area contributed by atoms with Gasteiger partial charge in [0, 0.05) is 0 Å². The molecule has 1 amide bonds. The molecule has 0 saturated heterocycles. The highest BCUT2D eigenvalue weighted by Crippen LogP contribution is 2.27. The number of phenols is 2. The number of halogens is 1. The number of anilines is 1. The molecule has 0 saturated carbocycles. The second-order valence-corrected chi connectivity index (χ2v) is 4.71. The average molecular weight is 323 g/mol. The molecule has 5 nitrogen and oxygen atoms in total. The molecule has 2 rings (SSSR count). The van der Waals surface area contributed by atoms with Crippen LogP contribution in [0.5, 0.6) is 11.5 Å². The van der Waals surface area contributed by atoms with Crippen molar-refractivity contribution in [3.63, 3.8) is 0 Å². The number of carbonyl (C=O) groups is 1. The van der Waals surface area contributed by atoms with Gasteiger partial charge in [0.25, 0.3) is 5.91 Å². The van der Waals surface area contributed by atoms with Crippen molar-refractivity contribution in [3.8, 4) is 11.5 Å². The molecule has 0 bridgehead atoms. The molecule has 0 aliphatic carbocycles. The van der Waals surface area contributed by atoms with Crippen LogP contribution in [0.4, 0.5) is 5.69 Å². The number of carbonyl (C=O) groups excluding carboxylic acids is 1. The Morgan fingerprint density at radius 2 is 1.95 bits per heavy atom. The molecule has 1 aromatic heterocycles. The highest BCUT2D eigenvalue weighted by molar-refractivity contribution is 9.10. The molecule has 0 spiro atoms. The van der Waals surface area contributed by atoms with Crippen molar-refractivity contribution in [2.45, 2.75) is 6.92 Å². The van der Waals surface area contributed by atoms with E-state index in [4.69, 9.17) is 0 Å². The first-order chi connectivity index (χ1) is 8.99. The number of nitrogens with one attached hydrogen (secondary N) is 1. The van der Waals surface area contributed by atoms with E-state index in [1.165, 1.54) is 24.4 Å². The molecule has 2 aromatic rings. The number of phenolic OH excluding ortho intramolecular Hbond substituents is 2. The maximum atomic E-state index is 12.0. The minimum atomic E-state index is -0.598. The zero-order valence-electron chi connectivity index (χ0n) is 10.0. The molecule has 1 heterocycles. The number of amides is 1. The van der Waals surface area contributed by atoms with Crippen molar-refractivity contribution in [2.24, 2.45) is 0 Å². The normalized spacial score (nSPS) is 10.2. The third kappa shape index (κ3) is 2.85. The lowest BCUT2D eigenvalue weighted by atomic mass is 10.1. The molecule has 0 radical (unpaired) electrons. The van der Waals surface area contributed by atoms with Crippen LogP contribution in [-0.2, 0) is 0 Å². The zero-order chi connectivity index (χ0) is 14.0. The Morgan fingerprint density at radius 1 is 1.32 bits per heavy atom. The van der Waals surface area contributed by atoms with Crippen LogP contribution in [0.25, 0.3) is 0 Å². The Hall–Kier alpha value is -2.08. The number of hydrogen-bond donors (Lipinski definition) is 3. The first-order valence-corrected chi connectivity index (χ1v) is 6.23. The Labute approximate surface area is 118 Å². The number of rotatable bonds is 2. The van der Waals surface area contributed by atoms with E-state index < -0.39 is 5.91 Å². The Kier molecular flexibility index (Phi) is 3.71. The van der Waals surface area contributed by atoms with E-state index in [1.807, 2.05) is 6.92 Å². The molecule has 19 heavy (non-hydrogen) atoms. The van der Waals surface area contributed by atoms with E-state index in [-0.39, 0.29) is 17.1 Å². The molecule has 6 heteroatoms. The molecule has 98 valence electrons. The summed E-state index contributed by atoms with van der Waals surface area (Å²) in [5, 5.41) is 21.8. The van der Waals surface area contributed by atoms with Gasteiger partial charge in [-0.1, -0.05) is 6.07 Å². The summed E-state index contributed by atoms with van der Waals surface area (Å²) in [6.07, 6.45) is 1.48. The van der Waals surface area contributed by atoms with Crippen LogP contribution < -0.4 is 5.32 Å². The highest BCUT2D eigenvalue weighted by atomic mass is 79.9. The lowest BCUT2D eigenvalue weighted by Crippen LogP contribution is -2.12. The van der Waals surface area contributed by atoms with E-state index >= 15 is 0 Å². The average Bonchev–Trinajstić information content (AvgIpc) is 2.33. The van der Waals surface area contributed by atoms with Gasteiger partial charge in [-0.25, -0.2) is 4.98 Å². The molecule has 3 N–H and O–H groups in total. The predicted octanol–water partition coefficient (Wildman–Crippen LogP) is 2.82. The van der Waals surface area contributed by atoms with Crippen LogP contribution in [-0.4, -0.2) is 21.1 Å². The third-order valence-corrected chi connectivity index (χ3v) is 3.35. The van der Waals surface area contributed by atoms with E-state index in [0.29, 0.717) is 10.3 Å². The van der Waals surface area contributed by atoms with Gasteiger partial charge in [0.1, 0.15) is 21.7 Å². The molecular weight excluding hydrogens is 312 g/mol. The Balaban J connectivity index is 2.28. The topological polar surface area (TPSA) is 82.5 Å². The quantitative estimate of drug-likeness (QED) is 0.742. The van der Waals surface area contributed by atoms with E-state index in [9.17, 15) is 15.0 Å². The number of aromatic hydroxyl groups is 2.